The van der Waals surface area contributed by atoms with Crippen molar-refractivity contribution < 1.29 is 9.47 Å². The summed E-state index contributed by atoms with van der Waals surface area (Å²) >= 11 is 0. The Bertz CT molecular complexity index is 514. The van der Waals surface area contributed by atoms with E-state index in [4.69, 9.17) is 9.47 Å². The van der Waals surface area contributed by atoms with Gasteiger partial charge in [-0.3, -0.25) is 0 Å². The predicted molar refractivity (Wildman–Crippen MR) is 92.6 cm³/mol. The summed E-state index contributed by atoms with van der Waals surface area (Å²) in [4.78, 5) is 0. The summed E-state index contributed by atoms with van der Waals surface area (Å²) < 4.78 is 11.5. The molecular weight excluding hydrogens is 272 g/mol. The second kappa shape index (κ2) is 8.72. The average molecular weight is 298 g/mol. The summed E-state index contributed by atoms with van der Waals surface area (Å²) in [6.45, 7) is 13.3. The molecule has 1 aliphatic carbocycles. The summed E-state index contributed by atoms with van der Waals surface area (Å²) in [5.74, 6) is 0. The second-order valence-electron chi connectivity index (χ2n) is 5.69. The fourth-order valence-electron chi connectivity index (χ4n) is 2.63. The van der Waals surface area contributed by atoms with Crippen molar-refractivity contribution in [2.75, 3.05) is 13.2 Å². The van der Waals surface area contributed by atoms with Crippen LogP contribution in [0.1, 0.15) is 32.1 Å². The Morgan fingerprint density at radius 2 is 2.23 bits per heavy atom. The van der Waals surface area contributed by atoms with E-state index in [2.05, 4.69) is 31.9 Å². The van der Waals surface area contributed by atoms with E-state index in [9.17, 15) is 0 Å². The van der Waals surface area contributed by atoms with Gasteiger partial charge >= 0.3 is 0 Å². The van der Waals surface area contributed by atoms with Crippen LogP contribution in [0.2, 0.25) is 0 Å². The summed E-state index contributed by atoms with van der Waals surface area (Å²) in [6, 6.07) is 0. The molecule has 0 N–H and O–H groups in total. The second-order valence-corrected chi connectivity index (χ2v) is 5.69. The van der Waals surface area contributed by atoms with Gasteiger partial charge in [0.05, 0.1) is 6.61 Å². The molecule has 118 valence electrons. The van der Waals surface area contributed by atoms with E-state index in [0.29, 0.717) is 6.61 Å². The minimum Gasteiger partial charge on any atom is -0.353 e. The lowest BCUT2D eigenvalue weighted by Crippen LogP contribution is -2.23. The fraction of sp³-hybridized carbons (Fsp3) is 0.400. The van der Waals surface area contributed by atoms with Crippen molar-refractivity contribution in [1.82, 2.24) is 0 Å². The van der Waals surface area contributed by atoms with Gasteiger partial charge in [0.15, 0.2) is 6.29 Å². The Morgan fingerprint density at radius 1 is 1.36 bits per heavy atom. The quantitative estimate of drug-likeness (QED) is 0.614. The third-order valence-corrected chi connectivity index (χ3v) is 3.96. The minimum absolute atomic E-state index is 0.0397. The Morgan fingerprint density at radius 3 is 2.95 bits per heavy atom. The van der Waals surface area contributed by atoms with Gasteiger partial charge in [0.25, 0.3) is 0 Å². The van der Waals surface area contributed by atoms with E-state index in [1.165, 1.54) is 17.6 Å². The van der Waals surface area contributed by atoms with Crippen LogP contribution in [0.25, 0.3) is 0 Å². The van der Waals surface area contributed by atoms with Gasteiger partial charge in [0, 0.05) is 6.61 Å². The van der Waals surface area contributed by atoms with Gasteiger partial charge in [-0.1, -0.05) is 50.1 Å². The third-order valence-electron chi connectivity index (χ3n) is 3.96. The standard InChI is InChI=1S/C20H26O2/c1-4-5-9-16(2)17(3)19-11-8-10-18(14-19)15-22-20-12-6-7-13-21-20/h4-5,9-10,14,20H,1-3,6-8,11-13,15H2/b9-5-. The molecule has 0 spiro atoms. The van der Waals surface area contributed by atoms with Crippen LogP contribution < -0.4 is 0 Å². The molecule has 0 aromatic carbocycles. The van der Waals surface area contributed by atoms with E-state index in [-0.39, 0.29) is 6.29 Å². The van der Waals surface area contributed by atoms with Crippen molar-refractivity contribution in [2.24, 2.45) is 0 Å². The van der Waals surface area contributed by atoms with Crippen LogP contribution in [-0.2, 0) is 9.47 Å². The van der Waals surface area contributed by atoms with Gasteiger partial charge in [0.1, 0.15) is 0 Å². The first kappa shape index (κ1) is 16.7. The molecule has 1 unspecified atom stereocenters. The maximum Gasteiger partial charge on any atom is 0.158 e. The highest BCUT2D eigenvalue weighted by Gasteiger charge is 2.15. The molecule has 1 saturated heterocycles. The molecular formula is C20H26O2. The normalized spacial score (nSPS) is 22.1. The van der Waals surface area contributed by atoms with Gasteiger partial charge < -0.3 is 9.47 Å². The molecule has 2 aliphatic rings. The lowest BCUT2D eigenvalue weighted by Gasteiger charge is -2.24. The smallest absolute Gasteiger partial charge is 0.158 e. The fourth-order valence-corrected chi connectivity index (χ4v) is 2.63. The minimum atomic E-state index is -0.0397. The van der Waals surface area contributed by atoms with Crippen LogP contribution in [0.15, 0.2) is 72.4 Å². The van der Waals surface area contributed by atoms with Crippen LogP contribution in [-0.4, -0.2) is 19.5 Å². The first-order valence-electron chi connectivity index (χ1n) is 8.01. The summed E-state index contributed by atoms with van der Waals surface area (Å²) in [5.41, 5.74) is 4.38. The van der Waals surface area contributed by atoms with E-state index >= 15 is 0 Å². The summed E-state index contributed by atoms with van der Waals surface area (Å²) in [6.07, 6.45) is 15.3. The molecule has 1 atom stereocenters. The van der Waals surface area contributed by atoms with E-state index < -0.39 is 0 Å². The van der Waals surface area contributed by atoms with Crippen molar-refractivity contribution in [3.8, 4) is 0 Å². The van der Waals surface area contributed by atoms with E-state index in [0.717, 1.165) is 43.4 Å². The molecule has 0 saturated carbocycles. The summed E-state index contributed by atoms with van der Waals surface area (Å²) in [7, 11) is 0. The molecule has 0 bridgehead atoms. The zero-order valence-electron chi connectivity index (χ0n) is 13.4. The first-order chi connectivity index (χ1) is 10.7. The van der Waals surface area contributed by atoms with Crippen molar-refractivity contribution in [3.05, 3.63) is 72.4 Å². The maximum absolute atomic E-state index is 5.86. The number of rotatable bonds is 7. The molecule has 1 fully saturated rings. The van der Waals surface area contributed by atoms with Crippen molar-refractivity contribution in [2.45, 2.75) is 38.4 Å². The lowest BCUT2D eigenvalue weighted by molar-refractivity contribution is -0.156. The zero-order chi connectivity index (χ0) is 15.8. The van der Waals surface area contributed by atoms with Crippen molar-refractivity contribution in [1.29, 1.82) is 0 Å². The van der Waals surface area contributed by atoms with Gasteiger partial charge in [0.2, 0.25) is 0 Å². The number of hydrogen-bond acceptors (Lipinski definition) is 2. The van der Waals surface area contributed by atoms with E-state index in [1.54, 1.807) is 6.08 Å². The SMILES string of the molecule is C=C/C=C\C(=C)C(=C)C1=CC(COC2CCCCO2)=CCC1. The van der Waals surface area contributed by atoms with Crippen LogP contribution in [0.4, 0.5) is 0 Å². The molecule has 22 heavy (non-hydrogen) atoms. The third kappa shape index (κ3) is 4.97. The Hall–Kier alpha value is -1.64. The molecule has 0 aromatic rings. The highest BCUT2D eigenvalue weighted by atomic mass is 16.7. The molecule has 0 aromatic heterocycles. The van der Waals surface area contributed by atoms with Gasteiger partial charge in [-0.15, -0.1) is 0 Å². The molecule has 2 heteroatoms. The molecule has 0 radical (unpaired) electrons. The van der Waals surface area contributed by atoms with Crippen LogP contribution in [0, 0.1) is 0 Å². The van der Waals surface area contributed by atoms with Crippen molar-refractivity contribution in [3.63, 3.8) is 0 Å². The Kier molecular flexibility index (Phi) is 6.63. The van der Waals surface area contributed by atoms with Gasteiger partial charge in [-0.05, 0) is 54.4 Å². The zero-order valence-corrected chi connectivity index (χ0v) is 13.4. The van der Waals surface area contributed by atoms with Gasteiger partial charge in [-0.25, -0.2) is 0 Å². The number of allylic oxidation sites excluding steroid dienone is 7. The van der Waals surface area contributed by atoms with Crippen LogP contribution >= 0.6 is 0 Å². The maximum atomic E-state index is 5.86. The summed E-state index contributed by atoms with van der Waals surface area (Å²) in [5, 5.41) is 0. The highest BCUT2D eigenvalue weighted by molar-refractivity contribution is 5.52. The van der Waals surface area contributed by atoms with Crippen LogP contribution in [0.5, 0.6) is 0 Å². The Balaban J connectivity index is 1.90. The molecule has 1 aliphatic heterocycles. The largest absolute Gasteiger partial charge is 0.353 e. The monoisotopic (exact) mass is 298 g/mol. The van der Waals surface area contributed by atoms with E-state index in [1.807, 2.05) is 12.2 Å². The highest BCUT2D eigenvalue weighted by Crippen LogP contribution is 2.27. The molecule has 2 nitrogen and oxygen atoms in total. The Labute approximate surface area is 134 Å². The average Bonchev–Trinajstić information content (AvgIpc) is 2.58. The predicted octanol–water partition coefficient (Wildman–Crippen LogP) is 5.03. The van der Waals surface area contributed by atoms with Crippen LogP contribution in [0.3, 0.4) is 0 Å². The number of ether oxygens (including phenoxy) is 2. The number of hydrogen-bond donors (Lipinski definition) is 0. The topological polar surface area (TPSA) is 18.5 Å². The molecule has 1 heterocycles. The lowest BCUT2D eigenvalue weighted by atomic mass is 9.91. The van der Waals surface area contributed by atoms with Gasteiger partial charge in [-0.2, -0.15) is 0 Å². The first-order valence-corrected chi connectivity index (χ1v) is 8.01. The molecule has 0 amide bonds. The molecule has 2 rings (SSSR count). The van der Waals surface area contributed by atoms with Crippen molar-refractivity contribution >= 4 is 0 Å².